The number of benzene rings is 1. The third-order valence-electron chi connectivity index (χ3n) is 4.24. The molecule has 0 aromatic heterocycles. The van der Waals surface area contributed by atoms with Crippen LogP contribution in [0.4, 0.5) is 0 Å². The Balaban J connectivity index is 1.97. The van der Waals surface area contributed by atoms with E-state index in [1.807, 2.05) is 13.0 Å². The minimum atomic E-state index is -0.880. The molecule has 2 N–H and O–H groups in total. The van der Waals surface area contributed by atoms with Gasteiger partial charge in [-0.1, -0.05) is 19.1 Å². The Kier molecular flexibility index (Phi) is 5.94. The van der Waals surface area contributed by atoms with Crippen molar-refractivity contribution in [1.29, 1.82) is 0 Å². The molecular weight excluding hydrogens is 280 g/mol. The molecular formula is C17H26N2O3. The first kappa shape index (κ1) is 16.9. The Hall–Kier alpha value is -1.43. The summed E-state index contributed by atoms with van der Waals surface area (Å²) in [4.78, 5) is 15.8. The Morgan fingerprint density at radius 3 is 2.82 bits per heavy atom. The van der Waals surface area contributed by atoms with Gasteiger partial charge in [0.15, 0.2) is 0 Å². The summed E-state index contributed by atoms with van der Waals surface area (Å²) in [6.07, 6.45) is 0.756. The van der Waals surface area contributed by atoms with Crippen molar-refractivity contribution in [2.24, 2.45) is 0 Å². The van der Waals surface area contributed by atoms with Gasteiger partial charge in [0.05, 0.1) is 11.7 Å². The number of aliphatic hydroxyl groups excluding tert-OH is 1. The van der Waals surface area contributed by atoms with E-state index in [1.165, 1.54) is 0 Å². The molecule has 1 saturated heterocycles. The van der Waals surface area contributed by atoms with Crippen molar-refractivity contribution in [3.05, 3.63) is 35.4 Å². The standard InChI is InChI=1S/C17H26N2O3/c1-3-16-12-18(7-8-19(16)10-13(2)20)11-14-5-4-6-15(9-14)17(21)22/h4-6,9,13,16,20H,3,7-8,10-12H2,1-2H3,(H,21,22). The van der Waals surface area contributed by atoms with Crippen molar-refractivity contribution < 1.29 is 15.0 Å². The fraction of sp³-hybridized carbons (Fsp3) is 0.588. The zero-order chi connectivity index (χ0) is 16.1. The highest BCUT2D eigenvalue weighted by molar-refractivity contribution is 5.87. The van der Waals surface area contributed by atoms with Crippen molar-refractivity contribution in [2.45, 2.75) is 39.0 Å². The summed E-state index contributed by atoms with van der Waals surface area (Å²) in [5.41, 5.74) is 1.39. The fourth-order valence-electron chi connectivity index (χ4n) is 3.13. The first-order valence-electron chi connectivity index (χ1n) is 7.96. The van der Waals surface area contributed by atoms with Crippen LogP contribution < -0.4 is 0 Å². The maximum Gasteiger partial charge on any atom is 0.335 e. The van der Waals surface area contributed by atoms with E-state index >= 15 is 0 Å². The zero-order valence-corrected chi connectivity index (χ0v) is 13.4. The number of aromatic carboxylic acids is 1. The number of hydrogen-bond acceptors (Lipinski definition) is 4. The molecule has 1 aliphatic rings. The molecule has 0 spiro atoms. The van der Waals surface area contributed by atoms with Gasteiger partial charge in [-0.2, -0.15) is 0 Å². The Bertz CT molecular complexity index is 504. The smallest absolute Gasteiger partial charge is 0.335 e. The van der Waals surface area contributed by atoms with Gasteiger partial charge in [0, 0.05) is 38.8 Å². The number of hydrogen-bond donors (Lipinski definition) is 2. The number of rotatable bonds is 6. The molecule has 0 bridgehead atoms. The van der Waals surface area contributed by atoms with Gasteiger partial charge in [-0.3, -0.25) is 9.80 Å². The van der Waals surface area contributed by atoms with Crippen molar-refractivity contribution in [2.75, 3.05) is 26.2 Å². The van der Waals surface area contributed by atoms with Crippen molar-refractivity contribution in [3.63, 3.8) is 0 Å². The predicted molar refractivity (Wildman–Crippen MR) is 86.0 cm³/mol. The SMILES string of the molecule is CCC1CN(Cc2cccc(C(=O)O)c2)CCN1CC(C)O. The topological polar surface area (TPSA) is 64.0 Å². The van der Waals surface area contributed by atoms with Crippen LogP contribution in [0.2, 0.25) is 0 Å². The van der Waals surface area contributed by atoms with Crippen molar-refractivity contribution >= 4 is 5.97 Å². The highest BCUT2D eigenvalue weighted by atomic mass is 16.4. The summed E-state index contributed by atoms with van der Waals surface area (Å²) < 4.78 is 0. The van der Waals surface area contributed by atoms with Gasteiger partial charge in [-0.05, 0) is 31.0 Å². The van der Waals surface area contributed by atoms with Crippen LogP contribution >= 0.6 is 0 Å². The maximum atomic E-state index is 11.0. The molecule has 122 valence electrons. The molecule has 0 aliphatic carbocycles. The Morgan fingerprint density at radius 1 is 1.41 bits per heavy atom. The summed E-state index contributed by atoms with van der Waals surface area (Å²) in [7, 11) is 0. The van der Waals surface area contributed by atoms with Gasteiger partial charge in [0.25, 0.3) is 0 Å². The van der Waals surface area contributed by atoms with Crippen molar-refractivity contribution in [3.8, 4) is 0 Å². The molecule has 5 nitrogen and oxygen atoms in total. The summed E-state index contributed by atoms with van der Waals surface area (Å²) in [6, 6.07) is 7.62. The van der Waals surface area contributed by atoms with E-state index in [4.69, 9.17) is 5.11 Å². The molecule has 1 aliphatic heterocycles. The van der Waals surface area contributed by atoms with Gasteiger partial charge < -0.3 is 10.2 Å². The van der Waals surface area contributed by atoms with Crippen LogP contribution in [0.1, 0.15) is 36.2 Å². The summed E-state index contributed by atoms with van der Waals surface area (Å²) in [5.74, 6) is -0.880. The molecule has 22 heavy (non-hydrogen) atoms. The highest BCUT2D eigenvalue weighted by Gasteiger charge is 2.26. The Morgan fingerprint density at radius 2 is 2.18 bits per heavy atom. The first-order valence-corrected chi connectivity index (χ1v) is 7.96. The predicted octanol–water partition coefficient (Wildman–Crippen LogP) is 1.66. The number of aliphatic hydroxyl groups is 1. The van der Waals surface area contributed by atoms with Crippen LogP contribution in [-0.4, -0.2) is 64.3 Å². The van der Waals surface area contributed by atoms with Crippen LogP contribution in [0.25, 0.3) is 0 Å². The van der Waals surface area contributed by atoms with Crippen molar-refractivity contribution in [1.82, 2.24) is 9.80 Å². The third-order valence-corrected chi connectivity index (χ3v) is 4.24. The number of carboxylic acids is 1. The quantitative estimate of drug-likeness (QED) is 0.837. The second-order valence-corrected chi connectivity index (χ2v) is 6.15. The number of carbonyl (C=O) groups is 1. The maximum absolute atomic E-state index is 11.0. The molecule has 0 saturated carbocycles. The van der Waals surface area contributed by atoms with E-state index in [-0.39, 0.29) is 6.10 Å². The van der Waals surface area contributed by atoms with Crippen LogP contribution in [-0.2, 0) is 6.54 Å². The molecule has 2 unspecified atom stereocenters. The lowest BCUT2D eigenvalue weighted by Crippen LogP contribution is -2.54. The van der Waals surface area contributed by atoms with Crippen LogP contribution in [0, 0.1) is 0 Å². The minimum absolute atomic E-state index is 0.298. The second-order valence-electron chi connectivity index (χ2n) is 6.15. The van der Waals surface area contributed by atoms with Crippen LogP contribution in [0.15, 0.2) is 24.3 Å². The van der Waals surface area contributed by atoms with Gasteiger partial charge in [0.1, 0.15) is 0 Å². The molecule has 2 rings (SSSR count). The number of nitrogens with zero attached hydrogens (tertiary/aromatic N) is 2. The van der Waals surface area contributed by atoms with E-state index in [2.05, 4.69) is 16.7 Å². The van der Waals surface area contributed by atoms with E-state index < -0.39 is 5.97 Å². The minimum Gasteiger partial charge on any atom is -0.478 e. The molecule has 0 radical (unpaired) electrons. The lowest BCUT2D eigenvalue weighted by atomic mass is 10.1. The van der Waals surface area contributed by atoms with Gasteiger partial charge in [-0.15, -0.1) is 0 Å². The van der Waals surface area contributed by atoms with Crippen LogP contribution in [0.5, 0.6) is 0 Å². The zero-order valence-electron chi connectivity index (χ0n) is 13.4. The highest BCUT2D eigenvalue weighted by Crippen LogP contribution is 2.16. The van der Waals surface area contributed by atoms with E-state index in [0.717, 1.165) is 44.7 Å². The molecule has 5 heteroatoms. The summed E-state index contributed by atoms with van der Waals surface area (Å²) in [6.45, 7) is 8.36. The largest absolute Gasteiger partial charge is 0.478 e. The number of carboxylic acid groups (broad SMARTS) is 1. The van der Waals surface area contributed by atoms with E-state index in [9.17, 15) is 9.90 Å². The number of β-amino-alcohol motifs (C(OH)–C–C–N with tert-alkyl or cyclic N) is 1. The summed E-state index contributed by atoms with van der Waals surface area (Å²) in [5, 5.41) is 18.7. The van der Waals surface area contributed by atoms with Gasteiger partial charge >= 0.3 is 5.97 Å². The third kappa shape index (κ3) is 4.53. The average molecular weight is 306 g/mol. The molecule has 1 heterocycles. The average Bonchev–Trinajstić information content (AvgIpc) is 2.48. The van der Waals surface area contributed by atoms with Crippen LogP contribution in [0.3, 0.4) is 0 Å². The fourth-order valence-corrected chi connectivity index (χ4v) is 3.13. The van der Waals surface area contributed by atoms with Gasteiger partial charge in [-0.25, -0.2) is 4.79 Å². The normalized spacial score (nSPS) is 21.7. The molecule has 0 amide bonds. The van der Waals surface area contributed by atoms with E-state index in [0.29, 0.717) is 11.6 Å². The molecule has 1 aromatic rings. The molecule has 1 aromatic carbocycles. The molecule has 1 fully saturated rings. The lowest BCUT2D eigenvalue weighted by Gasteiger charge is -2.41. The van der Waals surface area contributed by atoms with E-state index in [1.54, 1.807) is 18.2 Å². The summed E-state index contributed by atoms with van der Waals surface area (Å²) >= 11 is 0. The Labute approximate surface area is 132 Å². The lowest BCUT2D eigenvalue weighted by molar-refractivity contribution is 0.0338. The monoisotopic (exact) mass is 306 g/mol. The number of piperazine rings is 1. The van der Waals surface area contributed by atoms with Gasteiger partial charge in [0.2, 0.25) is 0 Å². The molecule has 2 atom stereocenters. The second kappa shape index (κ2) is 7.72. The first-order chi connectivity index (χ1) is 10.5.